The fourth-order valence-electron chi connectivity index (χ4n) is 2.09. The molecule has 8 heteroatoms. The Morgan fingerprint density at radius 2 is 2.10 bits per heavy atom. The largest absolute Gasteiger partial charge is 0.479 e. The second-order valence-corrected chi connectivity index (χ2v) is 4.67. The molecule has 0 saturated carbocycles. The molecule has 1 fully saturated rings. The van der Waals surface area contributed by atoms with E-state index in [1.807, 2.05) is 0 Å². The van der Waals surface area contributed by atoms with Crippen LogP contribution in [-0.4, -0.2) is 34.1 Å². The number of benzene rings is 1. The fraction of sp³-hybridized carbons (Fsp3) is 0.385. The van der Waals surface area contributed by atoms with E-state index in [0.29, 0.717) is 18.4 Å². The van der Waals surface area contributed by atoms with Crippen molar-refractivity contribution in [2.24, 2.45) is 0 Å². The van der Waals surface area contributed by atoms with Crippen molar-refractivity contribution in [3.8, 4) is 0 Å². The second-order valence-electron chi connectivity index (χ2n) is 4.67. The maximum atomic E-state index is 11.8. The number of carbonyl (C=O) groups excluding carboxylic acids is 1. The molecule has 112 valence electrons. The number of carboxylic acid groups (broad SMARTS) is 1. The molecule has 0 radical (unpaired) electrons. The number of nitro benzene ring substituents is 1. The fourth-order valence-corrected chi connectivity index (χ4v) is 2.09. The zero-order chi connectivity index (χ0) is 15.4. The maximum Gasteiger partial charge on any atom is 0.332 e. The van der Waals surface area contributed by atoms with E-state index in [2.05, 4.69) is 5.32 Å². The lowest BCUT2D eigenvalue weighted by Crippen LogP contribution is -2.35. The molecule has 2 unspecified atom stereocenters. The molecule has 0 aromatic heterocycles. The van der Waals surface area contributed by atoms with Gasteiger partial charge in [-0.3, -0.25) is 14.9 Å². The van der Waals surface area contributed by atoms with Crippen molar-refractivity contribution in [1.29, 1.82) is 0 Å². The van der Waals surface area contributed by atoms with Gasteiger partial charge in [-0.25, -0.2) is 4.79 Å². The minimum atomic E-state index is -1.08. The summed E-state index contributed by atoms with van der Waals surface area (Å²) in [5.41, 5.74) is 0.537. The molecule has 2 rings (SSSR count). The Hall–Kier alpha value is -2.48. The third-order valence-electron chi connectivity index (χ3n) is 3.18. The van der Waals surface area contributed by atoms with Gasteiger partial charge in [-0.2, -0.15) is 0 Å². The van der Waals surface area contributed by atoms with Crippen LogP contribution in [0, 0.1) is 10.1 Å². The van der Waals surface area contributed by atoms with Crippen LogP contribution < -0.4 is 5.32 Å². The quantitative estimate of drug-likeness (QED) is 0.613. The number of carbonyl (C=O) groups is 2. The first-order valence-electron chi connectivity index (χ1n) is 6.36. The van der Waals surface area contributed by atoms with Crippen molar-refractivity contribution < 1.29 is 24.4 Å². The number of nitrogens with zero attached hydrogens (tertiary/aromatic N) is 1. The van der Waals surface area contributed by atoms with Crippen LogP contribution in [0.15, 0.2) is 24.3 Å². The lowest BCUT2D eigenvalue weighted by atomic mass is 10.1. The van der Waals surface area contributed by atoms with Gasteiger partial charge in [0.1, 0.15) is 6.10 Å². The average molecular weight is 294 g/mol. The Morgan fingerprint density at radius 1 is 1.38 bits per heavy atom. The van der Waals surface area contributed by atoms with Crippen molar-refractivity contribution in [3.63, 3.8) is 0 Å². The third kappa shape index (κ3) is 3.76. The summed E-state index contributed by atoms with van der Waals surface area (Å²) in [7, 11) is 0. The number of nitrogens with one attached hydrogen (secondary N) is 1. The molecule has 1 aliphatic heterocycles. The third-order valence-corrected chi connectivity index (χ3v) is 3.18. The number of rotatable bonds is 5. The van der Waals surface area contributed by atoms with E-state index in [9.17, 15) is 19.7 Å². The first-order chi connectivity index (χ1) is 9.97. The van der Waals surface area contributed by atoms with Gasteiger partial charge in [0.15, 0.2) is 6.10 Å². The second kappa shape index (κ2) is 6.31. The van der Waals surface area contributed by atoms with Gasteiger partial charge in [0.2, 0.25) is 5.91 Å². The Kier molecular flexibility index (Phi) is 4.49. The first-order valence-corrected chi connectivity index (χ1v) is 6.36. The van der Waals surface area contributed by atoms with Gasteiger partial charge in [0.25, 0.3) is 5.69 Å². The first kappa shape index (κ1) is 14.9. The van der Waals surface area contributed by atoms with Crippen LogP contribution in [0.3, 0.4) is 0 Å². The van der Waals surface area contributed by atoms with E-state index in [-0.39, 0.29) is 12.2 Å². The zero-order valence-corrected chi connectivity index (χ0v) is 11.0. The van der Waals surface area contributed by atoms with Crippen LogP contribution in [0.5, 0.6) is 0 Å². The molecule has 0 bridgehead atoms. The van der Waals surface area contributed by atoms with Gasteiger partial charge in [-0.1, -0.05) is 12.1 Å². The molecule has 1 aliphatic rings. The monoisotopic (exact) mass is 294 g/mol. The highest BCUT2D eigenvalue weighted by atomic mass is 16.6. The summed E-state index contributed by atoms with van der Waals surface area (Å²) < 4.78 is 5.12. The average Bonchev–Trinajstić information content (AvgIpc) is 2.95. The Balaban J connectivity index is 1.88. The zero-order valence-electron chi connectivity index (χ0n) is 11.0. The van der Waals surface area contributed by atoms with Crippen LogP contribution in [0.25, 0.3) is 0 Å². The van der Waals surface area contributed by atoms with Gasteiger partial charge in [0, 0.05) is 18.7 Å². The molecule has 1 heterocycles. The highest BCUT2D eigenvalue weighted by molar-refractivity contribution is 5.82. The van der Waals surface area contributed by atoms with Crippen LogP contribution in [0.2, 0.25) is 0 Å². The SMILES string of the molecule is O=C(O)C1CCC(C(=O)NCc2cccc([N+](=O)[O-])c2)O1. The number of ether oxygens (including phenoxy) is 1. The van der Waals surface area contributed by atoms with Crippen molar-refractivity contribution in [2.75, 3.05) is 0 Å². The Morgan fingerprint density at radius 3 is 2.71 bits per heavy atom. The van der Waals surface area contributed by atoms with Gasteiger partial charge in [0.05, 0.1) is 4.92 Å². The van der Waals surface area contributed by atoms with E-state index in [4.69, 9.17) is 9.84 Å². The lowest BCUT2D eigenvalue weighted by Gasteiger charge is -2.11. The van der Waals surface area contributed by atoms with E-state index < -0.39 is 29.0 Å². The topological polar surface area (TPSA) is 119 Å². The number of hydrogen-bond donors (Lipinski definition) is 2. The summed E-state index contributed by atoms with van der Waals surface area (Å²) >= 11 is 0. The van der Waals surface area contributed by atoms with Gasteiger partial charge >= 0.3 is 5.97 Å². The van der Waals surface area contributed by atoms with Crippen LogP contribution in [0.1, 0.15) is 18.4 Å². The number of nitro groups is 1. The minimum absolute atomic E-state index is 0.0511. The molecule has 1 aromatic carbocycles. The minimum Gasteiger partial charge on any atom is -0.479 e. The summed E-state index contributed by atoms with van der Waals surface area (Å²) in [6, 6.07) is 5.92. The maximum absolute atomic E-state index is 11.8. The van der Waals surface area contributed by atoms with Crippen molar-refractivity contribution >= 4 is 17.6 Å². The molecular weight excluding hydrogens is 280 g/mol. The molecule has 1 aromatic rings. The summed E-state index contributed by atoms with van der Waals surface area (Å²) in [4.78, 5) is 32.7. The summed E-state index contributed by atoms with van der Waals surface area (Å²) in [6.45, 7) is 0.123. The highest BCUT2D eigenvalue weighted by Crippen LogP contribution is 2.20. The number of amides is 1. The normalized spacial score (nSPS) is 21.0. The standard InChI is InChI=1S/C13H14N2O6/c16-12(10-4-5-11(21-10)13(17)18)14-7-8-2-1-3-9(6-8)15(19)20/h1-3,6,10-11H,4-5,7H2,(H,14,16)(H,17,18). The van der Waals surface area contributed by atoms with Crippen LogP contribution >= 0.6 is 0 Å². The van der Waals surface area contributed by atoms with E-state index in [1.165, 1.54) is 18.2 Å². The lowest BCUT2D eigenvalue weighted by molar-refractivity contribution is -0.384. The number of hydrogen-bond acceptors (Lipinski definition) is 5. The molecule has 8 nitrogen and oxygen atoms in total. The molecule has 0 spiro atoms. The van der Waals surface area contributed by atoms with Gasteiger partial charge < -0.3 is 15.2 Å². The van der Waals surface area contributed by atoms with Gasteiger partial charge in [-0.15, -0.1) is 0 Å². The van der Waals surface area contributed by atoms with E-state index in [0.717, 1.165) is 0 Å². The van der Waals surface area contributed by atoms with Crippen molar-refractivity contribution in [1.82, 2.24) is 5.32 Å². The molecule has 2 N–H and O–H groups in total. The summed E-state index contributed by atoms with van der Waals surface area (Å²) in [5, 5.41) is 22.0. The molecule has 1 amide bonds. The molecule has 2 atom stereocenters. The van der Waals surface area contributed by atoms with E-state index in [1.54, 1.807) is 6.07 Å². The van der Waals surface area contributed by atoms with Gasteiger partial charge in [-0.05, 0) is 18.4 Å². The molecular formula is C13H14N2O6. The van der Waals surface area contributed by atoms with Crippen LogP contribution in [-0.2, 0) is 20.9 Å². The highest BCUT2D eigenvalue weighted by Gasteiger charge is 2.34. The molecule has 1 saturated heterocycles. The number of carboxylic acids is 1. The van der Waals surface area contributed by atoms with Crippen molar-refractivity contribution in [2.45, 2.75) is 31.6 Å². The van der Waals surface area contributed by atoms with Crippen LogP contribution in [0.4, 0.5) is 5.69 Å². The Labute approximate surface area is 119 Å². The molecule has 0 aliphatic carbocycles. The summed E-state index contributed by atoms with van der Waals surface area (Å²) in [5.74, 6) is -1.49. The predicted octanol–water partition coefficient (Wildman–Crippen LogP) is 0.843. The smallest absolute Gasteiger partial charge is 0.332 e. The Bertz CT molecular complexity index is 574. The number of aliphatic carboxylic acids is 1. The summed E-state index contributed by atoms with van der Waals surface area (Å²) in [6.07, 6.45) is -1.09. The van der Waals surface area contributed by atoms with Crippen molar-refractivity contribution in [3.05, 3.63) is 39.9 Å². The number of non-ortho nitro benzene ring substituents is 1. The molecule has 21 heavy (non-hydrogen) atoms. The van der Waals surface area contributed by atoms with E-state index >= 15 is 0 Å². The predicted molar refractivity (Wildman–Crippen MR) is 70.5 cm³/mol.